The van der Waals surface area contributed by atoms with Crippen LogP contribution >= 0.6 is 0 Å². The number of carbonyl (C=O) groups is 2. The van der Waals surface area contributed by atoms with Crippen LogP contribution in [0.15, 0.2) is 71.9 Å². The number of carbonyl (C=O) groups excluding carboxylic acids is 1. The molecule has 250 valence electrons. The van der Waals surface area contributed by atoms with Gasteiger partial charge in [0.1, 0.15) is 17.5 Å². The van der Waals surface area contributed by atoms with Gasteiger partial charge in [-0.2, -0.15) is 0 Å². The number of anilines is 2. The van der Waals surface area contributed by atoms with Gasteiger partial charge in [0.2, 0.25) is 9.84 Å². The van der Waals surface area contributed by atoms with Crippen LogP contribution in [0.25, 0.3) is 0 Å². The quantitative estimate of drug-likeness (QED) is 0.246. The van der Waals surface area contributed by atoms with E-state index in [1.165, 1.54) is 30.5 Å². The molecule has 0 aliphatic carbocycles. The maximum atomic E-state index is 14.3. The molecule has 11 nitrogen and oxygen atoms in total. The maximum absolute atomic E-state index is 14.3. The predicted molar refractivity (Wildman–Crippen MR) is 179 cm³/mol. The third-order valence-corrected chi connectivity index (χ3v) is 9.51. The van der Waals surface area contributed by atoms with Gasteiger partial charge < -0.3 is 20.5 Å². The number of unbranched alkanes of at least 4 members (excludes halogenated alkanes) is 1. The zero-order chi connectivity index (χ0) is 34.5. The number of aliphatic carboxylic acids is 1. The van der Waals surface area contributed by atoms with Gasteiger partial charge >= 0.3 is 12.1 Å². The number of sulfone groups is 1. The van der Waals surface area contributed by atoms with E-state index in [-0.39, 0.29) is 23.0 Å². The van der Waals surface area contributed by atoms with Crippen LogP contribution in [0.4, 0.5) is 16.3 Å². The van der Waals surface area contributed by atoms with E-state index >= 15 is 0 Å². The highest BCUT2D eigenvalue weighted by molar-refractivity contribution is 7.92. The Kier molecular flexibility index (Phi) is 11.2. The number of rotatable bonds is 12. The van der Waals surface area contributed by atoms with Crippen molar-refractivity contribution in [2.45, 2.75) is 89.3 Å². The van der Waals surface area contributed by atoms with Crippen LogP contribution in [0.2, 0.25) is 0 Å². The number of nitrogens with zero attached hydrogens (tertiary/aromatic N) is 4. The Bertz CT molecular complexity index is 1600. The minimum absolute atomic E-state index is 0.0913. The van der Waals surface area contributed by atoms with Crippen LogP contribution in [-0.4, -0.2) is 60.8 Å². The van der Waals surface area contributed by atoms with Crippen molar-refractivity contribution < 1.29 is 27.9 Å². The van der Waals surface area contributed by atoms with Crippen molar-refractivity contribution in [1.82, 2.24) is 9.97 Å². The first-order chi connectivity index (χ1) is 21.3. The fourth-order valence-corrected chi connectivity index (χ4v) is 6.59. The zero-order valence-electron chi connectivity index (χ0n) is 28.0. The molecule has 3 rings (SSSR count). The Balaban J connectivity index is 2.22. The average molecular weight is 654 g/mol. The fourth-order valence-electron chi connectivity index (χ4n) is 5.02. The minimum Gasteiger partial charge on any atom is -0.480 e. The van der Waals surface area contributed by atoms with Gasteiger partial charge in [0, 0.05) is 31.9 Å². The minimum atomic E-state index is -4.40. The molecule has 1 aromatic carbocycles. The molecule has 0 aliphatic rings. The van der Waals surface area contributed by atoms with Gasteiger partial charge in [0.05, 0.1) is 5.69 Å². The van der Waals surface area contributed by atoms with E-state index in [2.05, 4.69) is 21.8 Å². The second-order valence-electron chi connectivity index (χ2n) is 13.5. The van der Waals surface area contributed by atoms with E-state index in [0.29, 0.717) is 5.56 Å². The molecule has 0 saturated heterocycles. The normalized spacial score (nSPS) is 14.2. The van der Waals surface area contributed by atoms with Crippen molar-refractivity contribution in [3.63, 3.8) is 0 Å². The molecule has 3 N–H and O–H groups in total. The van der Waals surface area contributed by atoms with Crippen molar-refractivity contribution in [3.8, 4) is 0 Å². The van der Waals surface area contributed by atoms with Gasteiger partial charge in [-0.3, -0.25) is 0 Å². The summed E-state index contributed by atoms with van der Waals surface area (Å²) in [7, 11) is -2.41. The molecule has 2 unspecified atom stereocenters. The highest BCUT2D eigenvalue weighted by Gasteiger charge is 2.47. The molecule has 2 aromatic heterocycles. The van der Waals surface area contributed by atoms with Gasteiger partial charge in [-0.25, -0.2) is 32.9 Å². The summed E-state index contributed by atoms with van der Waals surface area (Å²) >= 11 is 0. The number of carboxylic acids is 1. The van der Waals surface area contributed by atoms with Crippen molar-refractivity contribution >= 4 is 33.4 Å². The Morgan fingerprint density at radius 3 is 2.15 bits per heavy atom. The van der Waals surface area contributed by atoms with Gasteiger partial charge in [-0.05, 0) is 74.6 Å². The Morgan fingerprint density at radius 2 is 1.63 bits per heavy atom. The molecular weight excluding hydrogens is 606 g/mol. The molecule has 2 heterocycles. The van der Waals surface area contributed by atoms with E-state index in [9.17, 15) is 23.1 Å². The predicted octanol–water partition coefficient (Wildman–Crippen LogP) is 5.78. The first kappa shape index (κ1) is 36.4. The van der Waals surface area contributed by atoms with Crippen molar-refractivity contribution in [2.75, 3.05) is 23.4 Å². The van der Waals surface area contributed by atoms with Crippen molar-refractivity contribution in [3.05, 3.63) is 78.1 Å². The van der Waals surface area contributed by atoms with Crippen LogP contribution in [0.5, 0.6) is 0 Å². The summed E-state index contributed by atoms with van der Waals surface area (Å²) in [6.07, 6.45) is 2.33. The molecule has 0 radical (unpaired) electrons. The molecule has 0 bridgehead atoms. The number of hydrogen-bond acceptors (Lipinski definition) is 9. The van der Waals surface area contributed by atoms with E-state index in [1.807, 2.05) is 31.3 Å². The van der Waals surface area contributed by atoms with Crippen molar-refractivity contribution in [1.29, 1.82) is 0 Å². The number of carboxylic acid groups (broad SMARTS) is 1. The summed E-state index contributed by atoms with van der Waals surface area (Å²) in [4.78, 5) is 35.8. The van der Waals surface area contributed by atoms with E-state index in [1.54, 1.807) is 53.7 Å². The lowest BCUT2D eigenvalue weighted by Gasteiger charge is -2.37. The first-order valence-electron chi connectivity index (χ1n) is 15.3. The number of aromatic nitrogens is 2. The Labute approximate surface area is 272 Å². The highest BCUT2D eigenvalue weighted by Crippen LogP contribution is 2.36. The number of amides is 1. The molecule has 3 aromatic rings. The number of hydrogen-bond donors (Lipinski definition) is 2. The monoisotopic (exact) mass is 653 g/mol. The number of benzene rings is 1. The van der Waals surface area contributed by atoms with E-state index in [0.717, 1.165) is 30.0 Å². The smallest absolute Gasteiger partial charge is 0.416 e. The van der Waals surface area contributed by atoms with Crippen LogP contribution in [0.3, 0.4) is 0 Å². The van der Waals surface area contributed by atoms with Crippen LogP contribution in [0, 0.1) is 5.41 Å². The number of nitrogens with two attached hydrogens (primary N) is 1. The van der Waals surface area contributed by atoms with Crippen LogP contribution in [-0.2, 0) is 30.7 Å². The topological polar surface area (TPSA) is 156 Å². The number of ether oxygens (including phenoxy) is 1. The first-order valence-corrected chi connectivity index (χ1v) is 16.8. The average Bonchev–Trinajstić information content (AvgIpc) is 2.97. The third-order valence-electron chi connectivity index (χ3n) is 7.40. The summed E-state index contributed by atoms with van der Waals surface area (Å²) in [5.74, 6) is -1.40. The lowest BCUT2D eigenvalue weighted by molar-refractivity contribution is -0.141. The van der Waals surface area contributed by atoms with Gasteiger partial charge in [0.25, 0.3) is 0 Å². The summed E-state index contributed by atoms with van der Waals surface area (Å²) < 4.78 is 34.3. The summed E-state index contributed by atoms with van der Waals surface area (Å²) in [5.41, 5.74) is 6.53. The largest absolute Gasteiger partial charge is 0.480 e. The second kappa shape index (κ2) is 14.2. The molecular formula is C34H47N5O6S. The van der Waals surface area contributed by atoms with E-state index < -0.39 is 43.8 Å². The Hall–Kier alpha value is -4.03. The van der Waals surface area contributed by atoms with Crippen molar-refractivity contribution in [2.24, 2.45) is 11.1 Å². The molecule has 12 heteroatoms. The molecule has 0 spiro atoms. The van der Waals surface area contributed by atoms with Crippen LogP contribution < -0.4 is 15.5 Å². The second-order valence-corrected chi connectivity index (χ2v) is 15.7. The van der Waals surface area contributed by atoms with Crippen LogP contribution in [0.1, 0.15) is 72.6 Å². The molecule has 0 fully saturated rings. The zero-order valence-corrected chi connectivity index (χ0v) is 28.8. The van der Waals surface area contributed by atoms with Gasteiger partial charge in [-0.15, -0.1) is 0 Å². The highest BCUT2D eigenvalue weighted by atomic mass is 32.2. The standard InChI is InChI=1S/C34H47N5O6S/c1-9-10-22-38(8)25-19-17-24(18-20-25)23-34(35,46(43,44)28-16-11-12-21-36-28)26-14-13-15-27(37-26)39(31(42)45-33(5,6)7)29(30(40)41)32(2,3)4/h11-21,29H,9-10,22-23,35H2,1-8H3,(H,40,41). The Morgan fingerprint density at radius 1 is 0.978 bits per heavy atom. The molecule has 1 amide bonds. The molecule has 2 atom stereocenters. The SMILES string of the molecule is CCCCN(C)c1ccc(CC(N)(c2cccc(N(C(=O)OC(C)(C)C)C(C(=O)O)C(C)(C)C)n2)S(=O)(=O)c2ccccn2)cc1. The summed E-state index contributed by atoms with van der Waals surface area (Å²) in [6, 6.07) is 15.0. The lowest BCUT2D eigenvalue weighted by Crippen LogP contribution is -2.54. The third kappa shape index (κ3) is 8.41. The van der Waals surface area contributed by atoms with Gasteiger partial charge in [0.15, 0.2) is 9.90 Å². The van der Waals surface area contributed by atoms with Gasteiger partial charge in [-0.1, -0.05) is 58.4 Å². The molecule has 0 saturated carbocycles. The number of pyridine rings is 2. The fraction of sp³-hybridized carbons (Fsp3) is 0.471. The summed E-state index contributed by atoms with van der Waals surface area (Å²) in [5, 5.41) is 10.0. The molecule has 0 aliphatic heterocycles. The maximum Gasteiger partial charge on any atom is 0.416 e. The summed E-state index contributed by atoms with van der Waals surface area (Å²) in [6.45, 7) is 13.0. The molecule has 46 heavy (non-hydrogen) atoms. The van der Waals surface area contributed by atoms with E-state index in [4.69, 9.17) is 10.5 Å². The lowest BCUT2D eigenvalue weighted by atomic mass is 9.85.